The molecule has 2 aliphatic rings. The van der Waals surface area contributed by atoms with Crippen molar-refractivity contribution < 1.29 is 9.84 Å². The number of aromatic hydroxyl groups is 1. The Bertz CT molecular complexity index is 449. The maximum absolute atomic E-state index is 9.30. The average molecular weight is 290 g/mol. The van der Waals surface area contributed by atoms with Crippen molar-refractivity contribution in [2.75, 3.05) is 26.2 Å². The number of nitrogens with zero attached hydrogens (tertiary/aromatic N) is 1. The Morgan fingerprint density at radius 1 is 1.38 bits per heavy atom. The summed E-state index contributed by atoms with van der Waals surface area (Å²) >= 11 is 0. The van der Waals surface area contributed by atoms with Gasteiger partial charge >= 0.3 is 0 Å². The first kappa shape index (κ1) is 14.8. The zero-order valence-electron chi connectivity index (χ0n) is 12.8. The normalized spacial score (nSPS) is 27.5. The number of phenolic OH excluding ortho intramolecular Hbond substituents is 1. The summed E-state index contributed by atoms with van der Waals surface area (Å²) in [6.45, 7) is 6.34. The van der Waals surface area contributed by atoms with E-state index in [0.29, 0.717) is 23.9 Å². The highest BCUT2D eigenvalue weighted by Crippen LogP contribution is 2.22. The summed E-state index contributed by atoms with van der Waals surface area (Å²) < 4.78 is 5.97. The molecular weight excluding hydrogens is 264 g/mol. The number of morpholine rings is 1. The van der Waals surface area contributed by atoms with Crippen LogP contribution in [-0.4, -0.2) is 54.4 Å². The molecule has 0 amide bonds. The molecule has 4 nitrogen and oxygen atoms in total. The minimum absolute atomic E-state index is 0.321. The second-order valence-electron chi connectivity index (χ2n) is 6.43. The highest BCUT2D eigenvalue weighted by atomic mass is 16.5. The molecule has 3 atom stereocenters. The second kappa shape index (κ2) is 6.77. The van der Waals surface area contributed by atoms with Crippen LogP contribution in [0.4, 0.5) is 0 Å². The SMILES string of the molecule is CC(Cc1ccc(O)cc1)NCC1CN2CCCC2CO1. The van der Waals surface area contributed by atoms with Crippen LogP contribution >= 0.6 is 0 Å². The lowest BCUT2D eigenvalue weighted by Gasteiger charge is -2.35. The minimum Gasteiger partial charge on any atom is -0.508 e. The summed E-state index contributed by atoms with van der Waals surface area (Å²) in [4.78, 5) is 2.58. The Labute approximate surface area is 127 Å². The molecule has 4 heteroatoms. The van der Waals surface area contributed by atoms with Gasteiger partial charge < -0.3 is 15.2 Å². The number of fused-ring (bicyclic) bond motifs is 1. The highest BCUT2D eigenvalue weighted by Gasteiger charge is 2.31. The van der Waals surface area contributed by atoms with E-state index in [1.165, 1.54) is 24.9 Å². The lowest BCUT2D eigenvalue weighted by molar-refractivity contribution is -0.0476. The molecular formula is C17H26N2O2. The molecule has 2 heterocycles. The van der Waals surface area contributed by atoms with Gasteiger partial charge in [-0.05, 0) is 50.4 Å². The van der Waals surface area contributed by atoms with E-state index in [2.05, 4.69) is 17.1 Å². The Morgan fingerprint density at radius 3 is 3.00 bits per heavy atom. The molecule has 0 aliphatic carbocycles. The van der Waals surface area contributed by atoms with Crippen molar-refractivity contribution in [1.82, 2.24) is 10.2 Å². The molecule has 116 valence electrons. The maximum atomic E-state index is 9.30. The van der Waals surface area contributed by atoms with Gasteiger partial charge in [-0.1, -0.05) is 12.1 Å². The molecule has 0 saturated carbocycles. The number of rotatable bonds is 5. The van der Waals surface area contributed by atoms with E-state index in [9.17, 15) is 5.11 Å². The van der Waals surface area contributed by atoms with Crippen LogP contribution in [0.5, 0.6) is 5.75 Å². The predicted molar refractivity (Wildman–Crippen MR) is 83.6 cm³/mol. The molecule has 2 aliphatic heterocycles. The summed E-state index contributed by atoms with van der Waals surface area (Å²) in [5.41, 5.74) is 1.25. The number of nitrogens with one attached hydrogen (secondary N) is 1. The van der Waals surface area contributed by atoms with Gasteiger partial charge in [0.15, 0.2) is 0 Å². The third kappa shape index (κ3) is 3.96. The topological polar surface area (TPSA) is 44.7 Å². The van der Waals surface area contributed by atoms with Gasteiger partial charge in [0.05, 0.1) is 12.7 Å². The zero-order chi connectivity index (χ0) is 14.7. The van der Waals surface area contributed by atoms with E-state index in [1.807, 2.05) is 12.1 Å². The fourth-order valence-electron chi connectivity index (χ4n) is 3.40. The molecule has 2 saturated heterocycles. The van der Waals surface area contributed by atoms with Crippen molar-refractivity contribution in [2.24, 2.45) is 0 Å². The van der Waals surface area contributed by atoms with E-state index in [0.717, 1.165) is 26.1 Å². The van der Waals surface area contributed by atoms with E-state index in [-0.39, 0.29) is 0 Å². The van der Waals surface area contributed by atoms with Crippen molar-refractivity contribution in [2.45, 2.75) is 44.4 Å². The average Bonchev–Trinajstić information content (AvgIpc) is 2.95. The smallest absolute Gasteiger partial charge is 0.115 e. The van der Waals surface area contributed by atoms with Crippen LogP contribution in [-0.2, 0) is 11.2 Å². The predicted octanol–water partition coefficient (Wildman–Crippen LogP) is 1.78. The number of hydrogen-bond donors (Lipinski definition) is 2. The first-order chi connectivity index (χ1) is 10.2. The van der Waals surface area contributed by atoms with E-state index in [1.54, 1.807) is 12.1 Å². The standard InChI is InChI=1S/C17H26N2O2/c1-13(9-14-4-6-16(20)7-5-14)18-10-17-11-19-8-2-3-15(19)12-21-17/h4-7,13,15,17-18,20H,2-3,8-12H2,1H3. The van der Waals surface area contributed by atoms with E-state index >= 15 is 0 Å². The summed E-state index contributed by atoms with van der Waals surface area (Å²) in [5, 5.41) is 12.9. The number of hydrogen-bond acceptors (Lipinski definition) is 4. The highest BCUT2D eigenvalue weighted by molar-refractivity contribution is 5.26. The summed E-state index contributed by atoms with van der Waals surface area (Å²) in [7, 11) is 0. The zero-order valence-corrected chi connectivity index (χ0v) is 12.8. The lowest BCUT2D eigenvalue weighted by atomic mass is 10.1. The van der Waals surface area contributed by atoms with Gasteiger partial charge in [-0.3, -0.25) is 4.90 Å². The van der Waals surface area contributed by atoms with Gasteiger partial charge in [-0.2, -0.15) is 0 Å². The Kier molecular flexibility index (Phi) is 4.78. The van der Waals surface area contributed by atoms with Crippen molar-refractivity contribution in [3.63, 3.8) is 0 Å². The minimum atomic E-state index is 0.321. The van der Waals surface area contributed by atoms with E-state index < -0.39 is 0 Å². The molecule has 21 heavy (non-hydrogen) atoms. The van der Waals surface area contributed by atoms with Crippen molar-refractivity contribution in [1.29, 1.82) is 0 Å². The lowest BCUT2D eigenvalue weighted by Crippen LogP contribution is -2.50. The van der Waals surface area contributed by atoms with Crippen LogP contribution < -0.4 is 5.32 Å². The molecule has 3 rings (SSSR count). The summed E-state index contributed by atoms with van der Waals surface area (Å²) in [6, 6.07) is 8.56. The van der Waals surface area contributed by atoms with Gasteiger partial charge in [0.2, 0.25) is 0 Å². The third-order valence-corrected chi connectivity index (χ3v) is 4.63. The van der Waals surface area contributed by atoms with Gasteiger partial charge in [0.1, 0.15) is 5.75 Å². The molecule has 2 N–H and O–H groups in total. The number of phenols is 1. The molecule has 0 aromatic heterocycles. The fraction of sp³-hybridized carbons (Fsp3) is 0.647. The second-order valence-corrected chi connectivity index (χ2v) is 6.43. The molecule has 0 spiro atoms. The maximum Gasteiger partial charge on any atom is 0.115 e. The quantitative estimate of drug-likeness (QED) is 0.867. The van der Waals surface area contributed by atoms with Crippen LogP contribution in [0.1, 0.15) is 25.3 Å². The third-order valence-electron chi connectivity index (χ3n) is 4.63. The van der Waals surface area contributed by atoms with Gasteiger partial charge in [-0.15, -0.1) is 0 Å². The Balaban J connectivity index is 1.41. The molecule has 3 unspecified atom stereocenters. The van der Waals surface area contributed by atoms with Gasteiger partial charge in [0.25, 0.3) is 0 Å². The Hall–Kier alpha value is -1.10. The monoisotopic (exact) mass is 290 g/mol. The van der Waals surface area contributed by atoms with Gasteiger partial charge in [-0.25, -0.2) is 0 Å². The molecule has 2 fully saturated rings. The van der Waals surface area contributed by atoms with Gasteiger partial charge in [0, 0.05) is 25.2 Å². The molecule has 1 aromatic carbocycles. The Morgan fingerprint density at radius 2 is 2.19 bits per heavy atom. The molecule has 0 radical (unpaired) electrons. The van der Waals surface area contributed by atoms with Crippen molar-refractivity contribution in [3.8, 4) is 5.75 Å². The van der Waals surface area contributed by atoms with Crippen LogP contribution in [0.3, 0.4) is 0 Å². The van der Waals surface area contributed by atoms with Crippen LogP contribution in [0.15, 0.2) is 24.3 Å². The first-order valence-electron chi connectivity index (χ1n) is 8.07. The van der Waals surface area contributed by atoms with Crippen LogP contribution in [0, 0.1) is 0 Å². The molecule has 0 bridgehead atoms. The summed E-state index contributed by atoms with van der Waals surface area (Å²) in [5.74, 6) is 0.329. The fourth-order valence-corrected chi connectivity index (χ4v) is 3.40. The molecule has 1 aromatic rings. The van der Waals surface area contributed by atoms with E-state index in [4.69, 9.17) is 4.74 Å². The van der Waals surface area contributed by atoms with Crippen molar-refractivity contribution >= 4 is 0 Å². The number of benzene rings is 1. The number of ether oxygens (including phenoxy) is 1. The van der Waals surface area contributed by atoms with Crippen LogP contribution in [0.25, 0.3) is 0 Å². The largest absolute Gasteiger partial charge is 0.508 e. The summed E-state index contributed by atoms with van der Waals surface area (Å²) in [6.07, 6.45) is 3.92. The van der Waals surface area contributed by atoms with Crippen molar-refractivity contribution in [3.05, 3.63) is 29.8 Å². The first-order valence-corrected chi connectivity index (χ1v) is 8.07. The van der Waals surface area contributed by atoms with Crippen LogP contribution in [0.2, 0.25) is 0 Å².